The molecule has 2 aromatic heterocycles. The zero-order valence-corrected chi connectivity index (χ0v) is 12.5. The lowest BCUT2D eigenvalue weighted by atomic mass is 10.2. The molecule has 0 saturated heterocycles. The second-order valence-electron chi connectivity index (χ2n) is 5.43. The molecule has 0 saturated carbocycles. The number of aliphatic imine (C=N–C) groups is 1. The van der Waals surface area contributed by atoms with Crippen molar-refractivity contribution in [2.45, 2.75) is 19.9 Å². The summed E-state index contributed by atoms with van der Waals surface area (Å²) in [6, 6.07) is 10.1. The SMILES string of the molecule is CC(C)N=C(N)c1ccc2nc(-c3cccn3C)[nH]c2c1. The van der Waals surface area contributed by atoms with Crippen LogP contribution in [0, 0.1) is 0 Å². The fourth-order valence-corrected chi connectivity index (χ4v) is 2.35. The van der Waals surface area contributed by atoms with Crippen LogP contribution in [0.25, 0.3) is 22.6 Å². The number of hydrogen-bond acceptors (Lipinski definition) is 2. The highest BCUT2D eigenvalue weighted by Crippen LogP contribution is 2.21. The normalized spacial score (nSPS) is 12.5. The van der Waals surface area contributed by atoms with Gasteiger partial charge in [-0.3, -0.25) is 4.99 Å². The van der Waals surface area contributed by atoms with Gasteiger partial charge < -0.3 is 15.3 Å². The lowest BCUT2D eigenvalue weighted by Gasteiger charge is -2.03. The molecule has 0 fully saturated rings. The molecule has 0 atom stereocenters. The minimum Gasteiger partial charge on any atom is -0.383 e. The third-order valence-electron chi connectivity index (χ3n) is 3.36. The number of hydrogen-bond donors (Lipinski definition) is 2. The van der Waals surface area contributed by atoms with Gasteiger partial charge in [-0.1, -0.05) is 0 Å². The summed E-state index contributed by atoms with van der Waals surface area (Å²) in [6.07, 6.45) is 2.00. The van der Waals surface area contributed by atoms with Crippen LogP contribution >= 0.6 is 0 Å². The van der Waals surface area contributed by atoms with Crippen LogP contribution in [0.4, 0.5) is 0 Å². The second kappa shape index (κ2) is 5.09. The molecule has 3 N–H and O–H groups in total. The van der Waals surface area contributed by atoms with Gasteiger partial charge >= 0.3 is 0 Å². The Balaban J connectivity index is 2.05. The van der Waals surface area contributed by atoms with Crippen LogP contribution < -0.4 is 5.73 Å². The average molecular weight is 281 g/mol. The number of fused-ring (bicyclic) bond motifs is 1. The molecule has 21 heavy (non-hydrogen) atoms. The van der Waals surface area contributed by atoms with Crippen molar-refractivity contribution < 1.29 is 0 Å². The summed E-state index contributed by atoms with van der Waals surface area (Å²) in [6.45, 7) is 4.02. The second-order valence-corrected chi connectivity index (χ2v) is 5.43. The number of amidine groups is 1. The molecule has 0 amide bonds. The smallest absolute Gasteiger partial charge is 0.155 e. The van der Waals surface area contributed by atoms with Crippen LogP contribution in [0.15, 0.2) is 41.5 Å². The molecule has 0 aliphatic heterocycles. The van der Waals surface area contributed by atoms with Crippen molar-refractivity contribution in [3.8, 4) is 11.5 Å². The highest BCUT2D eigenvalue weighted by Gasteiger charge is 2.09. The first-order chi connectivity index (χ1) is 10.0. The molecule has 3 rings (SSSR count). The van der Waals surface area contributed by atoms with E-state index in [-0.39, 0.29) is 6.04 Å². The zero-order chi connectivity index (χ0) is 15.0. The Kier molecular flexibility index (Phi) is 3.25. The van der Waals surface area contributed by atoms with Crippen LogP contribution in [0.5, 0.6) is 0 Å². The number of aryl methyl sites for hydroxylation is 1. The Morgan fingerprint density at radius 1 is 1.33 bits per heavy atom. The van der Waals surface area contributed by atoms with E-state index in [9.17, 15) is 0 Å². The van der Waals surface area contributed by atoms with Gasteiger partial charge in [0.2, 0.25) is 0 Å². The number of nitrogens with one attached hydrogen (secondary N) is 1. The number of benzene rings is 1. The van der Waals surface area contributed by atoms with Gasteiger partial charge in [0.25, 0.3) is 0 Å². The monoisotopic (exact) mass is 281 g/mol. The van der Waals surface area contributed by atoms with Crippen LogP contribution in [0.3, 0.4) is 0 Å². The third kappa shape index (κ3) is 2.54. The van der Waals surface area contributed by atoms with Crippen LogP contribution in [0.1, 0.15) is 19.4 Å². The number of aromatic amines is 1. The largest absolute Gasteiger partial charge is 0.383 e. The molecule has 5 nitrogen and oxygen atoms in total. The lowest BCUT2D eigenvalue weighted by molar-refractivity contribution is 0.834. The van der Waals surface area contributed by atoms with Gasteiger partial charge in [0.1, 0.15) is 5.84 Å². The Morgan fingerprint density at radius 2 is 2.14 bits per heavy atom. The Morgan fingerprint density at radius 3 is 2.81 bits per heavy atom. The predicted molar refractivity (Wildman–Crippen MR) is 86.4 cm³/mol. The molecular weight excluding hydrogens is 262 g/mol. The predicted octanol–water partition coefficient (Wildman–Crippen LogP) is 2.68. The third-order valence-corrected chi connectivity index (χ3v) is 3.36. The first kappa shape index (κ1) is 13.4. The molecule has 0 unspecified atom stereocenters. The van der Waals surface area contributed by atoms with Gasteiger partial charge in [-0.25, -0.2) is 4.98 Å². The van der Waals surface area contributed by atoms with Crippen molar-refractivity contribution in [2.24, 2.45) is 17.8 Å². The van der Waals surface area contributed by atoms with Gasteiger partial charge in [0.05, 0.1) is 16.7 Å². The van der Waals surface area contributed by atoms with Crippen molar-refractivity contribution in [3.63, 3.8) is 0 Å². The summed E-state index contributed by atoms with van der Waals surface area (Å²) in [5, 5.41) is 0. The van der Waals surface area contributed by atoms with Gasteiger partial charge in [0, 0.05) is 24.8 Å². The van der Waals surface area contributed by atoms with E-state index in [1.807, 2.05) is 62.0 Å². The standard InChI is InChI=1S/C16H19N5/c1-10(2)18-15(17)11-6-7-12-13(9-11)20-16(19-12)14-5-4-8-21(14)3/h4-10H,1-3H3,(H2,17,18)(H,19,20). The zero-order valence-electron chi connectivity index (χ0n) is 12.5. The van der Waals surface area contributed by atoms with E-state index < -0.39 is 0 Å². The number of rotatable bonds is 3. The molecule has 0 spiro atoms. The van der Waals surface area contributed by atoms with Gasteiger partial charge in [-0.2, -0.15) is 0 Å². The Bertz CT molecular complexity index is 807. The fourth-order valence-electron chi connectivity index (χ4n) is 2.35. The van der Waals surface area contributed by atoms with E-state index in [1.54, 1.807) is 0 Å². The summed E-state index contributed by atoms with van der Waals surface area (Å²) >= 11 is 0. The molecule has 2 heterocycles. The summed E-state index contributed by atoms with van der Waals surface area (Å²) < 4.78 is 2.03. The van der Waals surface area contributed by atoms with E-state index in [1.165, 1.54) is 0 Å². The summed E-state index contributed by atoms with van der Waals surface area (Å²) in [7, 11) is 2.00. The molecule has 3 aromatic rings. The fraction of sp³-hybridized carbons (Fsp3) is 0.250. The molecule has 108 valence electrons. The molecular formula is C16H19N5. The molecule has 5 heteroatoms. The minimum atomic E-state index is 0.182. The van der Waals surface area contributed by atoms with Crippen LogP contribution in [-0.4, -0.2) is 26.4 Å². The highest BCUT2D eigenvalue weighted by molar-refractivity contribution is 6.00. The highest BCUT2D eigenvalue weighted by atomic mass is 15.0. The van der Waals surface area contributed by atoms with Crippen molar-refractivity contribution >= 4 is 16.9 Å². The van der Waals surface area contributed by atoms with Gasteiger partial charge in [0.15, 0.2) is 5.82 Å². The van der Waals surface area contributed by atoms with E-state index in [0.717, 1.165) is 28.1 Å². The maximum Gasteiger partial charge on any atom is 0.155 e. The summed E-state index contributed by atoms with van der Waals surface area (Å²) in [5.74, 6) is 1.41. The maximum absolute atomic E-state index is 6.02. The van der Waals surface area contributed by atoms with Gasteiger partial charge in [-0.05, 0) is 44.2 Å². The number of aromatic nitrogens is 3. The number of H-pyrrole nitrogens is 1. The van der Waals surface area contributed by atoms with Crippen LogP contribution in [0.2, 0.25) is 0 Å². The molecule has 1 aromatic carbocycles. The Labute approximate surface area is 123 Å². The van der Waals surface area contributed by atoms with E-state index in [2.05, 4.69) is 15.0 Å². The minimum absolute atomic E-state index is 0.182. The Hall–Kier alpha value is -2.56. The number of nitrogens with two attached hydrogens (primary N) is 1. The first-order valence-corrected chi connectivity index (χ1v) is 6.99. The molecule has 0 bridgehead atoms. The average Bonchev–Trinajstić information content (AvgIpc) is 3.02. The quantitative estimate of drug-likeness (QED) is 0.572. The number of imidazole rings is 1. The summed E-state index contributed by atoms with van der Waals surface area (Å²) in [4.78, 5) is 12.3. The van der Waals surface area contributed by atoms with Crippen LogP contribution in [-0.2, 0) is 7.05 Å². The van der Waals surface area contributed by atoms with Crippen molar-refractivity contribution in [2.75, 3.05) is 0 Å². The molecule has 0 aliphatic rings. The summed E-state index contributed by atoms with van der Waals surface area (Å²) in [5.41, 5.74) is 9.88. The van der Waals surface area contributed by atoms with E-state index in [0.29, 0.717) is 5.84 Å². The topological polar surface area (TPSA) is 72.0 Å². The molecule has 0 aliphatic carbocycles. The van der Waals surface area contributed by atoms with Gasteiger partial charge in [-0.15, -0.1) is 0 Å². The van der Waals surface area contributed by atoms with E-state index in [4.69, 9.17) is 5.73 Å². The van der Waals surface area contributed by atoms with Crippen molar-refractivity contribution in [3.05, 3.63) is 42.1 Å². The maximum atomic E-state index is 6.02. The van der Waals surface area contributed by atoms with Crippen molar-refractivity contribution in [1.82, 2.24) is 14.5 Å². The number of nitrogens with zero attached hydrogens (tertiary/aromatic N) is 3. The van der Waals surface area contributed by atoms with E-state index >= 15 is 0 Å². The lowest BCUT2D eigenvalue weighted by Crippen LogP contribution is -2.15. The van der Waals surface area contributed by atoms with Crippen molar-refractivity contribution in [1.29, 1.82) is 0 Å². The molecule has 0 radical (unpaired) electrons. The first-order valence-electron chi connectivity index (χ1n) is 6.99.